The first-order valence-electron chi connectivity index (χ1n) is 10.2. The van der Waals surface area contributed by atoms with E-state index in [4.69, 9.17) is 4.74 Å². The summed E-state index contributed by atoms with van der Waals surface area (Å²) in [5.41, 5.74) is 0.174. The Hall–Kier alpha value is -2.21. The highest BCUT2D eigenvalue weighted by Gasteiger charge is 2.49. The Kier molecular flexibility index (Phi) is 7.87. The fourth-order valence-corrected chi connectivity index (χ4v) is 3.78. The van der Waals surface area contributed by atoms with Gasteiger partial charge in [-0.2, -0.15) is 13.2 Å². The lowest BCUT2D eigenvalue weighted by molar-refractivity contribution is -0.158. The summed E-state index contributed by atoms with van der Waals surface area (Å²) in [5.74, 6) is -1.58. The van der Waals surface area contributed by atoms with Gasteiger partial charge in [-0.15, -0.1) is 0 Å². The SMILES string of the molecule is O=C1CC(C(F)(F)F)N(C(=O)CN(CCO)CCN2CCOCC2)c2ccccc2N1. The molecule has 1 aromatic rings. The van der Waals surface area contributed by atoms with Crippen LogP contribution in [0.3, 0.4) is 0 Å². The van der Waals surface area contributed by atoms with Crippen molar-refractivity contribution in [3.05, 3.63) is 24.3 Å². The summed E-state index contributed by atoms with van der Waals surface area (Å²) in [5, 5.41) is 11.8. The van der Waals surface area contributed by atoms with Crippen LogP contribution in [-0.2, 0) is 14.3 Å². The lowest BCUT2D eigenvalue weighted by Crippen LogP contribution is -2.53. The van der Waals surface area contributed by atoms with Crippen molar-refractivity contribution >= 4 is 23.2 Å². The summed E-state index contributed by atoms with van der Waals surface area (Å²) in [6, 6.07) is 3.70. The molecule has 172 valence electrons. The molecule has 0 bridgehead atoms. The number of aliphatic hydroxyl groups excluding tert-OH is 1. The van der Waals surface area contributed by atoms with Crippen LogP contribution in [0.25, 0.3) is 0 Å². The van der Waals surface area contributed by atoms with Gasteiger partial charge in [0.1, 0.15) is 6.04 Å². The molecule has 0 aromatic heterocycles. The maximum Gasteiger partial charge on any atom is 0.409 e. The monoisotopic (exact) mass is 444 g/mol. The van der Waals surface area contributed by atoms with Crippen molar-refractivity contribution in [1.29, 1.82) is 0 Å². The molecule has 2 N–H and O–H groups in total. The van der Waals surface area contributed by atoms with Gasteiger partial charge < -0.3 is 15.2 Å². The first kappa shape index (κ1) is 23.5. The first-order chi connectivity index (χ1) is 14.8. The van der Waals surface area contributed by atoms with E-state index in [1.807, 2.05) is 0 Å². The highest BCUT2D eigenvalue weighted by Crippen LogP contribution is 2.37. The van der Waals surface area contributed by atoms with Gasteiger partial charge in [0, 0.05) is 32.7 Å². The lowest BCUT2D eigenvalue weighted by atomic mass is 10.1. The van der Waals surface area contributed by atoms with E-state index in [1.165, 1.54) is 18.2 Å². The Morgan fingerprint density at radius 1 is 1.23 bits per heavy atom. The Morgan fingerprint density at radius 3 is 2.61 bits per heavy atom. The van der Waals surface area contributed by atoms with Gasteiger partial charge in [0.05, 0.1) is 44.2 Å². The molecule has 0 aliphatic carbocycles. The van der Waals surface area contributed by atoms with Gasteiger partial charge in [-0.1, -0.05) is 12.1 Å². The average molecular weight is 444 g/mol. The lowest BCUT2D eigenvalue weighted by Gasteiger charge is -2.34. The largest absolute Gasteiger partial charge is 0.409 e. The first-order valence-corrected chi connectivity index (χ1v) is 10.2. The van der Waals surface area contributed by atoms with Crippen molar-refractivity contribution < 1.29 is 32.6 Å². The van der Waals surface area contributed by atoms with E-state index >= 15 is 0 Å². The number of hydrogen-bond acceptors (Lipinski definition) is 6. The van der Waals surface area contributed by atoms with Gasteiger partial charge in [-0.05, 0) is 12.1 Å². The fourth-order valence-electron chi connectivity index (χ4n) is 3.78. The molecule has 31 heavy (non-hydrogen) atoms. The van der Waals surface area contributed by atoms with Gasteiger partial charge in [0.15, 0.2) is 0 Å². The van der Waals surface area contributed by atoms with Crippen molar-refractivity contribution in [2.24, 2.45) is 0 Å². The molecule has 1 saturated heterocycles. The summed E-state index contributed by atoms with van der Waals surface area (Å²) in [4.78, 5) is 29.7. The molecule has 2 aliphatic heterocycles. The van der Waals surface area contributed by atoms with Gasteiger partial charge in [0.2, 0.25) is 11.8 Å². The van der Waals surface area contributed by atoms with E-state index in [9.17, 15) is 27.9 Å². The average Bonchev–Trinajstić information content (AvgIpc) is 2.88. The van der Waals surface area contributed by atoms with Crippen LogP contribution in [0.15, 0.2) is 24.3 Å². The smallest absolute Gasteiger partial charge is 0.395 e. The molecule has 1 unspecified atom stereocenters. The number of fused-ring (bicyclic) bond motifs is 1. The zero-order chi connectivity index (χ0) is 22.4. The number of nitrogens with one attached hydrogen (secondary N) is 1. The summed E-state index contributed by atoms with van der Waals surface area (Å²) in [6.07, 6.45) is -5.66. The molecule has 1 atom stereocenters. The molecule has 8 nitrogen and oxygen atoms in total. The van der Waals surface area contributed by atoms with Gasteiger partial charge >= 0.3 is 6.18 Å². The number of aliphatic hydroxyl groups is 1. The Morgan fingerprint density at radius 2 is 1.94 bits per heavy atom. The zero-order valence-electron chi connectivity index (χ0n) is 17.1. The Balaban J connectivity index is 1.80. The molecule has 2 heterocycles. The highest BCUT2D eigenvalue weighted by molar-refractivity contribution is 6.05. The second-order valence-electron chi connectivity index (χ2n) is 7.54. The van der Waals surface area contributed by atoms with Crippen LogP contribution in [0.5, 0.6) is 0 Å². The zero-order valence-corrected chi connectivity index (χ0v) is 17.1. The second-order valence-corrected chi connectivity index (χ2v) is 7.54. The quantitative estimate of drug-likeness (QED) is 0.651. The van der Waals surface area contributed by atoms with Gasteiger partial charge in [0.25, 0.3) is 0 Å². The minimum absolute atomic E-state index is 0.0119. The van der Waals surface area contributed by atoms with Crippen LogP contribution < -0.4 is 10.2 Å². The molecular formula is C20H27F3N4O4. The molecule has 1 fully saturated rings. The molecule has 1 aromatic carbocycles. The third-order valence-corrected chi connectivity index (χ3v) is 5.39. The number of morpholine rings is 1. The number of amides is 2. The predicted molar refractivity (Wildman–Crippen MR) is 108 cm³/mol. The minimum atomic E-state index is -4.78. The van der Waals surface area contributed by atoms with Crippen LogP contribution in [0.4, 0.5) is 24.5 Å². The molecule has 2 aliphatic rings. The summed E-state index contributed by atoms with van der Waals surface area (Å²) in [6.45, 7) is 3.34. The van der Waals surface area contributed by atoms with E-state index in [1.54, 1.807) is 11.0 Å². The molecule has 0 spiro atoms. The number of carbonyl (C=O) groups excluding carboxylic acids is 2. The van der Waals surface area contributed by atoms with Crippen LogP contribution in [0, 0.1) is 0 Å². The normalized spacial score (nSPS) is 20.4. The number of carbonyl (C=O) groups is 2. The molecular weight excluding hydrogens is 417 g/mol. The van der Waals surface area contributed by atoms with Crippen molar-refractivity contribution in [2.45, 2.75) is 18.6 Å². The Bertz CT molecular complexity index is 771. The standard InChI is InChI=1S/C20H27F3N4O4/c21-20(22,23)17-13-18(29)24-15-3-1-2-4-16(15)27(17)19(30)14-26(7-10-28)6-5-25-8-11-31-12-9-25/h1-4,17,28H,5-14H2,(H,24,29). The van der Waals surface area contributed by atoms with Crippen LogP contribution in [0.1, 0.15) is 6.42 Å². The second kappa shape index (κ2) is 10.4. The van der Waals surface area contributed by atoms with Crippen molar-refractivity contribution in [3.63, 3.8) is 0 Å². The topological polar surface area (TPSA) is 85.4 Å². The van der Waals surface area contributed by atoms with E-state index in [-0.39, 0.29) is 31.1 Å². The number of hydrogen-bond donors (Lipinski definition) is 2. The number of rotatable bonds is 7. The maximum absolute atomic E-state index is 13.8. The number of nitrogens with zero attached hydrogens (tertiary/aromatic N) is 3. The number of alkyl halides is 3. The number of ether oxygens (including phenoxy) is 1. The predicted octanol–water partition coefficient (Wildman–Crippen LogP) is 0.919. The molecule has 3 rings (SSSR count). The van der Waals surface area contributed by atoms with E-state index < -0.39 is 30.5 Å². The van der Waals surface area contributed by atoms with Crippen LogP contribution in [-0.4, -0.2) is 98.0 Å². The number of halogens is 3. The molecule has 2 amide bonds. The van der Waals surface area contributed by atoms with Crippen molar-refractivity contribution in [3.8, 4) is 0 Å². The number of para-hydroxylation sites is 2. The summed E-state index contributed by atoms with van der Waals surface area (Å²) >= 11 is 0. The van der Waals surface area contributed by atoms with E-state index in [0.717, 1.165) is 13.1 Å². The molecule has 0 saturated carbocycles. The summed E-state index contributed by atoms with van der Waals surface area (Å²) in [7, 11) is 0. The maximum atomic E-state index is 13.8. The third-order valence-electron chi connectivity index (χ3n) is 5.39. The summed E-state index contributed by atoms with van der Waals surface area (Å²) < 4.78 is 46.8. The van der Waals surface area contributed by atoms with Crippen molar-refractivity contribution in [2.75, 3.05) is 69.3 Å². The molecule has 0 radical (unpaired) electrons. The van der Waals surface area contributed by atoms with E-state index in [0.29, 0.717) is 31.2 Å². The Labute approximate surface area is 178 Å². The van der Waals surface area contributed by atoms with Gasteiger partial charge in [-0.3, -0.25) is 24.3 Å². The van der Waals surface area contributed by atoms with E-state index in [2.05, 4.69) is 10.2 Å². The van der Waals surface area contributed by atoms with Crippen molar-refractivity contribution in [1.82, 2.24) is 9.80 Å². The minimum Gasteiger partial charge on any atom is -0.395 e. The highest BCUT2D eigenvalue weighted by atomic mass is 19.4. The van der Waals surface area contributed by atoms with Crippen LogP contribution in [0.2, 0.25) is 0 Å². The van der Waals surface area contributed by atoms with Crippen LogP contribution >= 0.6 is 0 Å². The molecule has 11 heteroatoms. The third kappa shape index (κ3) is 6.16. The van der Waals surface area contributed by atoms with Gasteiger partial charge in [-0.25, -0.2) is 0 Å². The fraction of sp³-hybridized carbons (Fsp3) is 0.600. The number of benzene rings is 1. The number of anilines is 2.